The topological polar surface area (TPSA) is 321 Å². The number of allylic oxidation sites excluding steroid dienone is 4. The summed E-state index contributed by atoms with van der Waals surface area (Å²) in [5, 5.41) is 11.7. The Labute approximate surface area is 387 Å². The molecule has 2 aromatic rings. The number of fused-ring (bicyclic) bond motifs is 2. The number of carboxylic acids is 1. The average molecular weight is 1000 g/mol. The third kappa shape index (κ3) is 16.6. The van der Waals surface area contributed by atoms with Gasteiger partial charge in [0.25, 0.3) is 16.0 Å². The number of rotatable bonds is 21. The molecule has 0 bridgehead atoms. The molecule has 66 heavy (non-hydrogen) atoms. The molecule has 0 aromatic heterocycles. The predicted octanol–water partition coefficient (Wildman–Crippen LogP) is 4.07. The molecule has 0 aliphatic carbocycles. The molecule has 4 rings (SSSR count). The lowest BCUT2D eigenvalue weighted by Gasteiger charge is -2.27. The summed E-state index contributed by atoms with van der Waals surface area (Å²) in [5.74, 6) is -2.66. The number of anilines is 1. The van der Waals surface area contributed by atoms with Crippen molar-refractivity contribution in [2.45, 2.75) is 104 Å². The Hall–Kier alpha value is -5.27. The summed E-state index contributed by atoms with van der Waals surface area (Å²) < 4.78 is 121. The van der Waals surface area contributed by atoms with Gasteiger partial charge in [-0.15, -0.1) is 25.3 Å². The van der Waals surface area contributed by atoms with Crippen LogP contribution in [-0.2, 0) is 57.1 Å². The number of nitrogens with zero attached hydrogens (tertiary/aromatic N) is 2. The molecule has 2 aliphatic heterocycles. The molecule has 0 unspecified atom stereocenters. The molecule has 2 aliphatic rings. The fourth-order valence-electron chi connectivity index (χ4n) is 7.88. The fraction of sp³-hybridized carbons (Fsp3) is 0.500. The maximum Gasteiger partial charge on any atom is 0.425 e. The molecule has 2 aromatic carbocycles. The minimum atomic E-state index is -4.53. The van der Waals surface area contributed by atoms with E-state index in [2.05, 4.69) is 5.32 Å². The van der Waals surface area contributed by atoms with Gasteiger partial charge in [0.2, 0.25) is 5.69 Å². The number of benzene rings is 2. The first-order valence-corrected chi connectivity index (χ1v) is 25.8. The first kappa shape index (κ1) is 56.9. The standard InChI is InChI=1S/C42H55N3O11S2.2O3S/c1-7-13-34(46)29-25-30(35(47)14-8-2)39-33(27-29)45(22-12-24-58(54,55)56)37(42(39,5)6)16-9-15-36-41(3,4)31-26-28(40(50)43-20-10-17-38(48)49)18-19-32(31)44(36)21-11-23-57(51,52)53;2*1-4(2)3/h9,15-16,18-19,25-27H,7-8,10-14,17,20-24H2,1-6H3,(H3-,43,48,49,50,51,52,53,54,55,56);;. The predicted molar refractivity (Wildman–Crippen MR) is 241 cm³/mol. The van der Waals surface area contributed by atoms with E-state index in [1.165, 1.54) is 0 Å². The molecule has 1 amide bonds. The van der Waals surface area contributed by atoms with Crippen LogP contribution in [0.4, 0.5) is 11.4 Å². The molecule has 0 saturated carbocycles. The van der Waals surface area contributed by atoms with Gasteiger partial charge in [-0.25, -0.2) is 8.42 Å². The first-order valence-electron chi connectivity index (χ1n) is 20.6. The largest absolute Gasteiger partial charge is 0.748 e. The van der Waals surface area contributed by atoms with E-state index < -0.39 is 69.8 Å². The van der Waals surface area contributed by atoms with Crippen molar-refractivity contribution in [1.29, 1.82) is 0 Å². The minimum absolute atomic E-state index is 0.00942. The molecule has 3 N–H and O–H groups in total. The van der Waals surface area contributed by atoms with Crippen molar-refractivity contribution in [3.63, 3.8) is 0 Å². The van der Waals surface area contributed by atoms with E-state index >= 15 is 0 Å². The van der Waals surface area contributed by atoms with Crippen LogP contribution >= 0.6 is 0 Å². The Bertz CT molecular complexity index is 2700. The number of hydrogen-bond donors (Lipinski definition) is 3. The Morgan fingerprint density at radius 2 is 1.39 bits per heavy atom. The van der Waals surface area contributed by atoms with Gasteiger partial charge in [-0.1, -0.05) is 33.8 Å². The fourth-order valence-corrected chi connectivity index (χ4v) is 8.86. The van der Waals surface area contributed by atoms with Crippen molar-refractivity contribution in [2.24, 2.45) is 0 Å². The van der Waals surface area contributed by atoms with Gasteiger partial charge in [-0.2, -0.15) is 13.0 Å². The van der Waals surface area contributed by atoms with E-state index in [0.29, 0.717) is 46.5 Å². The van der Waals surface area contributed by atoms with E-state index in [1.54, 1.807) is 30.3 Å². The average Bonchev–Trinajstić information content (AvgIpc) is 3.52. The zero-order valence-electron chi connectivity index (χ0n) is 37.4. The van der Waals surface area contributed by atoms with Crippen molar-refractivity contribution < 1.29 is 80.1 Å². The monoisotopic (exact) mass is 1000 g/mol. The highest BCUT2D eigenvalue weighted by Gasteiger charge is 2.46. The van der Waals surface area contributed by atoms with Gasteiger partial charge < -0.3 is 19.9 Å². The van der Waals surface area contributed by atoms with Crippen LogP contribution in [0, 0.1) is 0 Å². The number of carbonyl (C=O) groups excluding carboxylic acids is 3. The van der Waals surface area contributed by atoms with Crippen LogP contribution in [0.25, 0.3) is 0 Å². The molecule has 364 valence electrons. The van der Waals surface area contributed by atoms with Gasteiger partial charge >= 0.3 is 27.2 Å². The van der Waals surface area contributed by atoms with E-state index in [9.17, 15) is 45.1 Å². The Kier molecular flexibility index (Phi) is 21.1. The molecular weight excluding hydrogens is 947 g/mol. The van der Waals surface area contributed by atoms with E-state index in [0.717, 1.165) is 17.0 Å². The van der Waals surface area contributed by atoms with Crippen LogP contribution in [0.15, 0.2) is 54.3 Å². The van der Waals surface area contributed by atoms with Crippen LogP contribution in [-0.4, -0.2) is 121 Å². The molecule has 20 nitrogen and oxygen atoms in total. The van der Waals surface area contributed by atoms with Crippen molar-refractivity contribution >= 4 is 82.0 Å². The van der Waals surface area contributed by atoms with Gasteiger partial charge in [-0.3, -0.25) is 23.7 Å². The number of nitrogens with one attached hydrogen (secondary N) is 1. The molecule has 0 atom stereocenters. The zero-order valence-corrected chi connectivity index (χ0v) is 40.6. The number of amides is 1. The molecule has 0 saturated heterocycles. The maximum atomic E-state index is 13.7. The highest BCUT2D eigenvalue weighted by atomic mass is 32.2. The van der Waals surface area contributed by atoms with Crippen LogP contribution in [0.2, 0.25) is 0 Å². The number of ketones is 2. The van der Waals surface area contributed by atoms with E-state index in [-0.39, 0.29) is 75.6 Å². The smallest absolute Gasteiger partial charge is 0.425 e. The normalized spacial score (nSPS) is 15.3. The summed E-state index contributed by atoms with van der Waals surface area (Å²) in [4.78, 5) is 52.8. The lowest BCUT2D eigenvalue weighted by molar-refractivity contribution is -0.437. The number of aliphatic carboxylic acids is 1. The Morgan fingerprint density at radius 3 is 1.94 bits per heavy atom. The van der Waals surface area contributed by atoms with Gasteiger partial charge in [0.1, 0.15) is 6.54 Å². The van der Waals surface area contributed by atoms with Gasteiger partial charge in [-0.05, 0) is 75.4 Å². The molecule has 0 radical (unpaired) electrons. The van der Waals surface area contributed by atoms with Crippen LogP contribution < -0.4 is 10.2 Å². The van der Waals surface area contributed by atoms with E-state index in [4.69, 9.17) is 30.4 Å². The number of carboxylic acid groups (broad SMARTS) is 1. The second kappa shape index (κ2) is 24.5. The highest BCUT2D eigenvalue weighted by Crippen LogP contribution is 2.50. The summed E-state index contributed by atoms with van der Waals surface area (Å²) in [7, 11) is -15.0. The molecular formula is C42H55N3O17S4. The third-order valence-corrected chi connectivity index (χ3v) is 12.2. The van der Waals surface area contributed by atoms with Gasteiger partial charge in [0.15, 0.2) is 17.3 Å². The summed E-state index contributed by atoms with van der Waals surface area (Å²) in [5.41, 5.74) is 3.86. The number of carbonyl (C=O) groups is 4. The highest BCUT2D eigenvalue weighted by molar-refractivity contribution is 7.85. The number of hydrogen-bond acceptors (Lipinski definition) is 16. The van der Waals surface area contributed by atoms with Crippen molar-refractivity contribution in [3.8, 4) is 0 Å². The van der Waals surface area contributed by atoms with Crippen LogP contribution in [0.1, 0.15) is 135 Å². The second-order valence-corrected chi connectivity index (χ2v) is 20.2. The second-order valence-electron chi connectivity index (χ2n) is 16.3. The Balaban J connectivity index is 0.00000172. The SMILES string of the molecule is CCCC(=O)c1cc(C(=O)CCC)c2c(c1)N(CCCS(=O)(=O)[O-])C(=CC=CC1=[N+](CCCS(=O)(=O)O)c3ccc(C(=O)NCCCC(=O)O)cc3C1(C)C)C2(C)C.O=S(=O)=O.O=S(=O)=O. The lowest BCUT2D eigenvalue weighted by atomic mass is 9.78. The van der Waals surface area contributed by atoms with Crippen molar-refractivity contribution in [1.82, 2.24) is 5.32 Å². The third-order valence-electron chi connectivity index (χ3n) is 10.6. The summed E-state index contributed by atoms with van der Waals surface area (Å²) in [6, 6.07) is 8.58. The van der Waals surface area contributed by atoms with Gasteiger partial charge in [0.05, 0.1) is 21.3 Å². The Morgan fingerprint density at radius 1 is 0.803 bits per heavy atom. The van der Waals surface area contributed by atoms with Crippen molar-refractivity contribution in [2.75, 3.05) is 36.0 Å². The lowest BCUT2D eigenvalue weighted by Crippen LogP contribution is -2.29. The van der Waals surface area contributed by atoms with Gasteiger partial charge in [0, 0.05) is 95.7 Å². The van der Waals surface area contributed by atoms with Crippen molar-refractivity contribution in [3.05, 3.63) is 82.1 Å². The zero-order chi connectivity index (χ0) is 50.4. The summed E-state index contributed by atoms with van der Waals surface area (Å²) in [6.07, 6.45) is 7.53. The molecule has 0 fully saturated rings. The van der Waals surface area contributed by atoms with E-state index in [1.807, 2.05) is 69.2 Å². The quantitative estimate of drug-likeness (QED) is 0.0687. The molecule has 24 heteroatoms. The minimum Gasteiger partial charge on any atom is -0.748 e. The van der Waals surface area contributed by atoms with Crippen LogP contribution in [0.5, 0.6) is 0 Å². The maximum absolute atomic E-state index is 13.7. The van der Waals surface area contributed by atoms with Crippen LogP contribution in [0.3, 0.4) is 0 Å². The first-order chi connectivity index (χ1) is 30.5. The summed E-state index contributed by atoms with van der Waals surface area (Å²) in [6.45, 7) is 12.1. The number of Topliss-reactive ketones (excluding diaryl/α,β-unsaturated/α-hetero) is 2. The molecule has 0 spiro atoms. The summed E-state index contributed by atoms with van der Waals surface area (Å²) >= 11 is 0. The molecule has 2 heterocycles.